The monoisotopic (exact) mass is 354 g/mol. The summed E-state index contributed by atoms with van der Waals surface area (Å²) in [5.74, 6) is -0.0477. The van der Waals surface area contributed by atoms with Crippen LogP contribution in [0.5, 0.6) is 0 Å². The first-order valence-electron chi connectivity index (χ1n) is 9.96. The summed E-state index contributed by atoms with van der Waals surface area (Å²) in [5.41, 5.74) is 2.16. The highest BCUT2D eigenvalue weighted by atomic mass is 19.1. The van der Waals surface area contributed by atoms with Gasteiger partial charge in [0.15, 0.2) is 0 Å². The molecule has 3 rings (SSSR count). The maximum Gasteiger partial charge on any atom is 0.126 e. The lowest BCUT2D eigenvalue weighted by Gasteiger charge is -2.44. The van der Waals surface area contributed by atoms with Crippen molar-refractivity contribution in [1.82, 2.24) is 0 Å². The van der Waals surface area contributed by atoms with E-state index in [4.69, 9.17) is 0 Å². The summed E-state index contributed by atoms with van der Waals surface area (Å²) in [5, 5.41) is 12.2. The van der Waals surface area contributed by atoms with Gasteiger partial charge in [0.1, 0.15) is 5.82 Å². The van der Waals surface area contributed by atoms with Crippen molar-refractivity contribution in [2.75, 3.05) is 0 Å². The number of halogens is 1. The van der Waals surface area contributed by atoms with Gasteiger partial charge in [0.25, 0.3) is 0 Å². The Morgan fingerprint density at radius 3 is 2.19 bits per heavy atom. The predicted octanol–water partition coefficient (Wildman–Crippen LogP) is 6.48. The van der Waals surface area contributed by atoms with E-state index in [-0.39, 0.29) is 11.7 Å². The molecule has 1 N–H and O–H groups in total. The molecule has 0 radical (unpaired) electrons. The molecule has 0 bridgehead atoms. The molecule has 0 heterocycles. The molecule has 0 saturated heterocycles. The topological polar surface area (TPSA) is 20.2 Å². The second-order valence-electron chi connectivity index (χ2n) is 8.42. The molecule has 0 saturated carbocycles. The van der Waals surface area contributed by atoms with Gasteiger partial charge in [0.2, 0.25) is 0 Å². The Morgan fingerprint density at radius 1 is 1.00 bits per heavy atom. The van der Waals surface area contributed by atoms with Crippen LogP contribution in [-0.2, 0) is 12.0 Å². The van der Waals surface area contributed by atoms with Crippen LogP contribution in [-0.4, -0.2) is 5.11 Å². The normalized spacial score (nSPS) is 21.2. The largest absolute Gasteiger partial charge is 0.384 e. The molecule has 1 unspecified atom stereocenters. The maximum atomic E-state index is 14.8. The fourth-order valence-electron chi connectivity index (χ4n) is 5.02. The second-order valence-corrected chi connectivity index (χ2v) is 8.42. The maximum absolute atomic E-state index is 14.8. The van der Waals surface area contributed by atoms with E-state index in [0.717, 1.165) is 42.4 Å². The first-order valence-corrected chi connectivity index (χ1v) is 9.96. The van der Waals surface area contributed by atoms with E-state index in [9.17, 15) is 9.50 Å². The van der Waals surface area contributed by atoms with Gasteiger partial charge in [-0.3, -0.25) is 0 Å². The fourth-order valence-corrected chi connectivity index (χ4v) is 5.02. The summed E-state index contributed by atoms with van der Waals surface area (Å²) < 4.78 is 14.8. The van der Waals surface area contributed by atoms with Gasteiger partial charge in [-0.05, 0) is 53.5 Å². The first-order chi connectivity index (χ1) is 12.4. The van der Waals surface area contributed by atoms with Crippen LogP contribution >= 0.6 is 0 Å². The molecule has 1 nitrogen and oxygen atoms in total. The van der Waals surface area contributed by atoms with E-state index in [0.29, 0.717) is 12.0 Å². The van der Waals surface area contributed by atoms with Crippen LogP contribution in [0.3, 0.4) is 0 Å². The molecule has 1 aliphatic rings. The van der Waals surface area contributed by atoms with E-state index in [2.05, 4.69) is 27.7 Å². The average Bonchev–Trinajstić information content (AvgIpc) is 2.84. The lowest BCUT2D eigenvalue weighted by molar-refractivity contribution is -0.112. The van der Waals surface area contributed by atoms with Crippen LogP contribution in [0, 0.1) is 17.2 Å². The number of hydrogen-bond donors (Lipinski definition) is 1. The minimum Gasteiger partial charge on any atom is -0.384 e. The summed E-state index contributed by atoms with van der Waals surface area (Å²) in [6.07, 6.45) is 4.54. The third kappa shape index (κ3) is 2.89. The molecule has 0 spiro atoms. The Morgan fingerprint density at radius 2 is 1.62 bits per heavy atom. The molecule has 0 fully saturated rings. The van der Waals surface area contributed by atoms with Gasteiger partial charge in [-0.2, -0.15) is 0 Å². The molecule has 0 amide bonds. The van der Waals surface area contributed by atoms with E-state index in [1.165, 1.54) is 0 Å². The fraction of sp³-hybridized carbons (Fsp3) is 0.500. The van der Waals surface area contributed by atoms with Crippen molar-refractivity contribution < 1.29 is 9.50 Å². The SMILES string of the molecule is CCCC(CCC)C1(O)c2c(-c3ccccc3)ccc(F)c2CC1(C)C. The Labute approximate surface area is 157 Å². The number of hydrogen-bond acceptors (Lipinski definition) is 1. The van der Waals surface area contributed by atoms with Gasteiger partial charge in [-0.15, -0.1) is 0 Å². The number of rotatable bonds is 6. The smallest absolute Gasteiger partial charge is 0.126 e. The quantitative estimate of drug-likeness (QED) is 0.629. The summed E-state index contributed by atoms with van der Waals surface area (Å²) in [6.45, 7) is 8.52. The zero-order valence-electron chi connectivity index (χ0n) is 16.5. The number of fused-ring (bicyclic) bond motifs is 1. The Kier molecular flexibility index (Phi) is 5.25. The Bertz CT molecular complexity index is 759. The summed E-state index contributed by atoms with van der Waals surface area (Å²) in [6, 6.07) is 13.5. The number of benzene rings is 2. The van der Waals surface area contributed by atoms with Crippen LogP contribution in [0.25, 0.3) is 11.1 Å². The van der Waals surface area contributed by atoms with Crippen LogP contribution in [0.1, 0.15) is 64.5 Å². The van der Waals surface area contributed by atoms with Crippen LogP contribution in [0.15, 0.2) is 42.5 Å². The van der Waals surface area contributed by atoms with E-state index in [1.54, 1.807) is 6.07 Å². The Balaban J connectivity index is 2.28. The molecule has 2 heteroatoms. The number of aliphatic hydroxyl groups is 1. The average molecular weight is 355 g/mol. The summed E-state index contributed by atoms with van der Waals surface area (Å²) in [4.78, 5) is 0. The highest BCUT2D eigenvalue weighted by Gasteiger charge is 2.56. The van der Waals surface area contributed by atoms with Gasteiger partial charge in [0.05, 0.1) is 5.60 Å². The van der Waals surface area contributed by atoms with Gasteiger partial charge in [-0.25, -0.2) is 4.39 Å². The van der Waals surface area contributed by atoms with E-state index in [1.807, 2.05) is 36.4 Å². The molecule has 2 aromatic rings. The van der Waals surface area contributed by atoms with Crippen LogP contribution in [0.2, 0.25) is 0 Å². The third-order valence-electron chi connectivity index (χ3n) is 6.24. The third-order valence-corrected chi connectivity index (χ3v) is 6.24. The van der Waals surface area contributed by atoms with Crippen LogP contribution < -0.4 is 0 Å². The zero-order valence-corrected chi connectivity index (χ0v) is 16.5. The van der Waals surface area contributed by atoms with Gasteiger partial charge < -0.3 is 5.11 Å². The first kappa shape index (κ1) is 19.1. The molecule has 0 aliphatic heterocycles. The van der Waals surface area contributed by atoms with Crippen molar-refractivity contribution in [1.29, 1.82) is 0 Å². The van der Waals surface area contributed by atoms with E-state index >= 15 is 0 Å². The van der Waals surface area contributed by atoms with Crippen LogP contribution in [0.4, 0.5) is 4.39 Å². The molecular formula is C24H31FO. The van der Waals surface area contributed by atoms with E-state index < -0.39 is 11.0 Å². The standard InChI is InChI=1S/C24H31FO/c1-5-10-18(11-6-2)24(26)22-19(17-12-8-7-9-13-17)14-15-21(25)20(22)16-23(24,3)4/h7-9,12-15,18,26H,5-6,10-11,16H2,1-4H3. The van der Waals surface area contributed by atoms with Gasteiger partial charge in [0, 0.05) is 5.41 Å². The zero-order chi connectivity index (χ0) is 18.9. The minimum atomic E-state index is -1.01. The molecular weight excluding hydrogens is 323 g/mol. The van der Waals surface area contributed by atoms with Crippen molar-refractivity contribution in [2.24, 2.45) is 11.3 Å². The van der Waals surface area contributed by atoms with Crippen molar-refractivity contribution in [3.63, 3.8) is 0 Å². The molecule has 1 atom stereocenters. The summed E-state index contributed by atoms with van der Waals surface area (Å²) in [7, 11) is 0. The van der Waals surface area contributed by atoms with Crippen molar-refractivity contribution >= 4 is 0 Å². The van der Waals surface area contributed by atoms with Gasteiger partial charge in [-0.1, -0.05) is 76.9 Å². The molecule has 1 aliphatic carbocycles. The van der Waals surface area contributed by atoms with Gasteiger partial charge >= 0.3 is 0 Å². The van der Waals surface area contributed by atoms with Crippen molar-refractivity contribution in [3.8, 4) is 11.1 Å². The summed E-state index contributed by atoms with van der Waals surface area (Å²) >= 11 is 0. The van der Waals surface area contributed by atoms with Crippen molar-refractivity contribution in [2.45, 2.75) is 65.4 Å². The lowest BCUT2D eigenvalue weighted by Crippen LogP contribution is -2.45. The second kappa shape index (κ2) is 7.15. The highest BCUT2D eigenvalue weighted by Crippen LogP contribution is 2.58. The van der Waals surface area contributed by atoms with Crippen molar-refractivity contribution in [3.05, 3.63) is 59.4 Å². The Hall–Kier alpha value is -1.67. The molecule has 26 heavy (non-hydrogen) atoms. The molecule has 140 valence electrons. The highest BCUT2D eigenvalue weighted by molar-refractivity contribution is 5.72. The lowest BCUT2D eigenvalue weighted by atomic mass is 9.64. The predicted molar refractivity (Wildman–Crippen MR) is 107 cm³/mol. The minimum absolute atomic E-state index is 0.137. The molecule has 2 aromatic carbocycles. The molecule has 0 aromatic heterocycles.